The standard InChI is InChI=1S/C7H11F2NO2S/c1-3-5-6(4-2)10-13(11,12)7(8)9/h2,6-7,10H,3,5H2,1H3. The third-order valence-electron chi connectivity index (χ3n) is 1.32. The molecule has 0 aliphatic heterocycles. The largest absolute Gasteiger partial charge is 0.350 e. The summed E-state index contributed by atoms with van der Waals surface area (Å²) in [5.74, 6) is -1.34. The molecule has 13 heavy (non-hydrogen) atoms. The van der Waals surface area contributed by atoms with Crippen molar-refractivity contribution in [3.05, 3.63) is 0 Å². The van der Waals surface area contributed by atoms with Gasteiger partial charge in [0.25, 0.3) is 10.0 Å². The Kier molecular flexibility index (Phi) is 4.88. The van der Waals surface area contributed by atoms with Gasteiger partial charge in [-0.2, -0.15) is 13.5 Å². The summed E-state index contributed by atoms with van der Waals surface area (Å²) in [6.07, 6.45) is 5.92. The van der Waals surface area contributed by atoms with Crippen LogP contribution >= 0.6 is 0 Å². The van der Waals surface area contributed by atoms with Gasteiger partial charge in [-0.1, -0.05) is 19.3 Å². The zero-order valence-electron chi connectivity index (χ0n) is 7.13. The molecule has 0 amide bonds. The minimum atomic E-state index is -4.56. The van der Waals surface area contributed by atoms with Gasteiger partial charge < -0.3 is 0 Å². The van der Waals surface area contributed by atoms with Gasteiger partial charge in [0.15, 0.2) is 0 Å². The molecule has 0 saturated heterocycles. The van der Waals surface area contributed by atoms with Crippen molar-refractivity contribution in [3.8, 4) is 12.3 Å². The summed E-state index contributed by atoms with van der Waals surface area (Å²) in [6.45, 7) is 1.78. The second-order valence-corrected chi connectivity index (χ2v) is 4.11. The number of terminal acetylenes is 1. The Morgan fingerprint density at radius 1 is 1.54 bits per heavy atom. The molecule has 1 atom stereocenters. The van der Waals surface area contributed by atoms with Gasteiger partial charge in [0, 0.05) is 0 Å². The molecule has 0 aliphatic carbocycles. The molecule has 1 unspecified atom stereocenters. The number of hydrogen-bond donors (Lipinski definition) is 1. The van der Waals surface area contributed by atoms with Crippen molar-refractivity contribution in [2.45, 2.75) is 31.6 Å². The number of alkyl halides is 2. The first-order valence-electron chi connectivity index (χ1n) is 3.69. The Morgan fingerprint density at radius 3 is 2.38 bits per heavy atom. The molecule has 0 heterocycles. The summed E-state index contributed by atoms with van der Waals surface area (Å²) < 4.78 is 46.6. The molecule has 0 fully saturated rings. The van der Waals surface area contributed by atoms with Crippen LogP contribution in [0, 0.1) is 12.3 Å². The fraction of sp³-hybridized carbons (Fsp3) is 0.714. The summed E-state index contributed by atoms with van der Waals surface area (Å²) in [7, 11) is -4.56. The highest BCUT2D eigenvalue weighted by atomic mass is 32.2. The predicted octanol–water partition coefficient (Wildman–Crippen LogP) is 0.930. The molecule has 3 nitrogen and oxygen atoms in total. The molecule has 0 aromatic heterocycles. The number of nitrogens with one attached hydrogen (secondary N) is 1. The Bertz CT molecular complexity index is 281. The number of rotatable bonds is 5. The Labute approximate surface area is 76.6 Å². The summed E-state index contributed by atoms with van der Waals surface area (Å²) in [6, 6.07) is -0.844. The monoisotopic (exact) mass is 211 g/mol. The maximum atomic E-state index is 11.8. The molecule has 0 saturated carbocycles. The average Bonchev–Trinajstić information content (AvgIpc) is 2.03. The first-order chi connectivity index (χ1) is 5.94. The Morgan fingerprint density at radius 2 is 2.08 bits per heavy atom. The van der Waals surface area contributed by atoms with Crippen LogP contribution in [-0.4, -0.2) is 20.2 Å². The van der Waals surface area contributed by atoms with Gasteiger partial charge in [0.2, 0.25) is 0 Å². The topological polar surface area (TPSA) is 46.2 Å². The molecule has 0 aliphatic rings. The van der Waals surface area contributed by atoms with Gasteiger partial charge in [0.1, 0.15) is 0 Å². The average molecular weight is 211 g/mol. The first-order valence-corrected chi connectivity index (χ1v) is 5.24. The van der Waals surface area contributed by atoms with E-state index in [1.54, 1.807) is 11.6 Å². The van der Waals surface area contributed by atoms with E-state index in [4.69, 9.17) is 6.42 Å². The second kappa shape index (κ2) is 5.14. The predicted molar refractivity (Wildman–Crippen MR) is 45.6 cm³/mol. The van der Waals surface area contributed by atoms with E-state index in [2.05, 4.69) is 5.92 Å². The van der Waals surface area contributed by atoms with Crippen molar-refractivity contribution < 1.29 is 17.2 Å². The van der Waals surface area contributed by atoms with Crippen LogP contribution < -0.4 is 4.72 Å². The van der Waals surface area contributed by atoms with Crippen LogP contribution in [0.3, 0.4) is 0 Å². The lowest BCUT2D eigenvalue weighted by Crippen LogP contribution is -2.37. The van der Waals surface area contributed by atoms with Crippen LogP contribution in [0.25, 0.3) is 0 Å². The molecule has 76 valence electrons. The maximum absolute atomic E-state index is 11.8. The van der Waals surface area contributed by atoms with E-state index in [9.17, 15) is 17.2 Å². The summed E-state index contributed by atoms with van der Waals surface area (Å²) >= 11 is 0. The zero-order valence-corrected chi connectivity index (χ0v) is 7.94. The number of hydrogen-bond acceptors (Lipinski definition) is 2. The molecule has 0 spiro atoms. The summed E-state index contributed by atoms with van der Waals surface area (Å²) in [5.41, 5.74) is 0. The van der Waals surface area contributed by atoms with Gasteiger partial charge >= 0.3 is 5.76 Å². The van der Waals surface area contributed by atoms with Crippen molar-refractivity contribution >= 4 is 10.0 Å². The van der Waals surface area contributed by atoms with E-state index in [1.165, 1.54) is 0 Å². The fourth-order valence-electron chi connectivity index (χ4n) is 0.715. The third-order valence-corrected chi connectivity index (χ3v) is 2.40. The first kappa shape index (κ1) is 12.3. The van der Waals surface area contributed by atoms with Gasteiger partial charge in [-0.3, -0.25) is 0 Å². The highest BCUT2D eigenvalue weighted by Crippen LogP contribution is 2.05. The van der Waals surface area contributed by atoms with E-state index in [1.807, 2.05) is 0 Å². The van der Waals surface area contributed by atoms with Crippen molar-refractivity contribution in [1.82, 2.24) is 4.72 Å². The maximum Gasteiger partial charge on any atom is 0.350 e. The van der Waals surface area contributed by atoms with Crippen LogP contribution in [0.4, 0.5) is 8.78 Å². The highest BCUT2D eigenvalue weighted by molar-refractivity contribution is 7.89. The van der Waals surface area contributed by atoms with Crippen molar-refractivity contribution in [2.75, 3.05) is 0 Å². The molecule has 1 N–H and O–H groups in total. The fourth-order valence-corrected chi connectivity index (χ4v) is 1.40. The quantitative estimate of drug-likeness (QED) is 0.688. The molecule has 6 heteroatoms. The lowest BCUT2D eigenvalue weighted by atomic mass is 10.2. The number of halogens is 2. The van der Waals surface area contributed by atoms with Crippen LogP contribution in [0.2, 0.25) is 0 Å². The van der Waals surface area contributed by atoms with Crippen molar-refractivity contribution in [3.63, 3.8) is 0 Å². The van der Waals surface area contributed by atoms with E-state index in [0.29, 0.717) is 12.8 Å². The van der Waals surface area contributed by atoms with Crippen LogP contribution in [0.15, 0.2) is 0 Å². The minimum Gasteiger partial charge on any atom is -0.206 e. The Balaban J connectivity index is 4.34. The SMILES string of the molecule is C#CC(CCC)NS(=O)(=O)C(F)F. The zero-order chi connectivity index (χ0) is 10.5. The molecule has 0 bridgehead atoms. The smallest absolute Gasteiger partial charge is 0.206 e. The molecule has 0 aromatic carbocycles. The van der Waals surface area contributed by atoms with Crippen LogP contribution in [0.1, 0.15) is 19.8 Å². The molecule has 0 aromatic rings. The number of sulfonamides is 1. The lowest BCUT2D eigenvalue weighted by Gasteiger charge is -2.11. The normalized spacial score (nSPS) is 14.1. The Hall–Kier alpha value is -0.670. The molecule has 0 radical (unpaired) electrons. The van der Waals surface area contributed by atoms with Gasteiger partial charge in [-0.05, 0) is 6.42 Å². The minimum absolute atomic E-state index is 0.350. The highest BCUT2D eigenvalue weighted by Gasteiger charge is 2.25. The van der Waals surface area contributed by atoms with E-state index in [-0.39, 0.29) is 0 Å². The lowest BCUT2D eigenvalue weighted by molar-refractivity contribution is 0.232. The van der Waals surface area contributed by atoms with Crippen LogP contribution in [-0.2, 0) is 10.0 Å². The van der Waals surface area contributed by atoms with E-state index >= 15 is 0 Å². The van der Waals surface area contributed by atoms with Gasteiger partial charge in [-0.15, -0.1) is 6.42 Å². The molecule has 0 rings (SSSR count). The van der Waals surface area contributed by atoms with Crippen LogP contribution in [0.5, 0.6) is 0 Å². The van der Waals surface area contributed by atoms with E-state index < -0.39 is 21.8 Å². The summed E-state index contributed by atoms with van der Waals surface area (Å²) in [5, 5.41) is 0. The third kappa shape index (κ3) is 4.20. The summed E-state index contributed by atoms with van der Waals surface area (Å²) in [4.78, 5) is 0. The van der Waals surface area contributed by atoms with E-state index in [0.717, 1.165) is 0 Å². The molecular weight excluding hydrogens is 200 g/mol. The van der Waals surface area contributed by atoms with Gasteiger partial charge in [0.05, 0.1) is 6.04 Å². The van der Waals surface area contributed by atoms with Crippen molar-refractivity contribution in [1.29, 1.82) is 0 Å². The van der Waals surface area contributed by atoms with Crippen molar-refractivity contribution in [2.24, 2.45) is 0 Å². The second-order valence-electron chi connectivity index (χ2n) is 2.43. The van der Waals surface area contributed by atoms with Gasteiger partial charge in [-0.25, -0.2) is 8.42 Å². The molecular formula is C7H11F2NO2S.